The molecular weight excluding hydrogens is 402 g/mol. The molecule has 4 amide bonds. The number of fused-ring (bicyclic) bond motifs is 2. The van der Waals surface area contributed by atoms with E-state index in [4.69, 9.17) is 14.9 Å². The van der Waals surface area contributed by atoms with Crippen LogP contribution in [0.2, 0.25) is 0 Å². The molecule has 0 saturated carbocycles. The van der Waals surface area contributed by atoms with Crippen LogP contribution in [0.3, 0.4) is 0 Å². The van der Waals surface area contributed by atoms with Crippen molar-refractivity contribution >= 4 is 29.6 Å². The highest BCUT2D eigenvalue weighted by Crippen LogP contribution is 2.41. The molecule has 1 saturated heterocycles. The summed E-state index contributed by atoms with van der Waals surface area (Å²) in [6.45, 7) is 2.18. The van der Waals surface area contributed by atoms with E-state index < -0.39 is 17.5 Å². The van der Waals surface area contributed by atoms with Crippen LogP contribution in [0.1, 0.15) is 46.5 Å². The van der Waals surface area contributed by atoms with Gasteiger partial charge in [-0.05, 0) is 29.7 Å². The molecule has 3 aliphatic heterocycles. The number of carbonyl (C=O) groups is 3. The number of nitrogens with one attached hydrogen (secondary N) is 2. The number of methoxy groups -OCH3 is 1. The molecule has 2 atom stereocenters. The number of furan rings is 1. The van der Waals surface area contributed by atoms with Crippen molar-refractivity contribution in [1.82, 2.24) is 15.5 Å². The third kappa shape index (κ3) is 2.86. The number of ether oxygens (including phenoxy) is 1. The first-order chi connectivity index (χ1) is 14.8. The van der Waals surface area contributed by atoms with Crippen molar-refractivity contribution in [2.24, 2.45) is 10.7 Å². The number of urea groups is 1. The van der Waals surface area contributed by atoms with Crippen molar-refractivity contribution in [1.29, 1.82) is 0 Å². The Kier molecular flexibility index (Phi) is 4.07. The Bertz CT molecular complexity index is 1170. The number of amidine groups is 1. The fourth-order valence-electron chi connectivity index (χ4n) is 4.38. The highest BCUT2D eigenvalue weighted by molar-refractivity contribution is 6.08. The predicted molar refractivity (Wildman–Crippen MR) is 109 cm³/mol. The molecule has 2 unspecified atom stereocenters. The second kappa shape index (κ2) is 6.59. The van der Waals surface area contributed by atoms with E-state index in [1.54, 1.807) is 18.2 Å². The van der Waals surface area contributed by atoms with Gasteiger partial charge >= 0.3 is 6.03 Å². The lowest BCUT2D eigenvalue weighted by Crippen LogP contribution is -2.52. The largest absolute Gasteiger partial charge is 0.497 e. The smallest absolute Gasteiger partial charge is 0.322 e. The van der Waals surface area contributed by atoms with Crippen LogP contribution in [0.4, 0.5) is 10.7 Å². The fraction of sp³-hybridized carbons (Fsp3) is 0.333. The zero-order valence-electron chi connectivity index (χ0n) is 17.0. The van der Waals surface area contributed by atoms with E-state index in [1.807, 2.05) is 13.0 Å². The number of rotatable bonds is 4. The van der Waals surface area contributed by atoms with Crippen LogP contribution in [0.15, 0.2) is 33.7 Å². The number of hydrogen-bond donors (Lipinski definition) is 3. The van der Waals surface area contributed by atoms with Crippen molar-refractivity contribution < 1.29 is 23.5 Å². The van der Waals surface area contributed by atoms with Gasteiger partial charge in [0.05, 0.1) is 13.7 Å². The lowest BCUT2D eigenvalue weighted by Gasteiger charge is -2.29. The molecule has 4 N–H and O–H groups in total. The third-order valence-corrected chi connectivity index (χ3v) is 6.02. The summed E-state index contributed by atoms with van der Waals surface area (Å²) in [4.78, 5) is 43.9. The molecule has 10 nitrogen and oxygen atoms in total. The third-order valence-electron chi connectivity index (χ3n) is 6.02. The maximum Gasteiger partial charge on any atom is 0.322 e. The van der Waals surface area contributed by atoms with Gasteiger partial charge in [0.25, 0.3) is 11.8 Å². The Morgan fingerprint density at radius 1 is 1.32 bits per heavy atom. The molecule has 1 aromatic carbocycles. The number of hydrogen-bond acceptors (Lipinski definition) is 7. The lowest BCUT2D eigenvalue weighted by atomic mass is 9.92. The van der Waals surface area contributed by atoms with Gasteiger partial charge in [-0.1, -0.05) is 13.0 Å². The number of carbonyl (C=O) groups excluding carboxylic acids is 3. The number of aliphatic imine (C=N–C) groups is 1. The molecule has 3 aliphatic rings. The molecule has 0 spiro atoms. The van der Waals surface area contributed by atoms with E-state index in [0.29, 0.717) is 36.0 Å². The Morgan fingerprint density at radius 3 is 2.84 bits per heavy atom. The van der Waals surface area contributed by atoms with Gasteiger partial charge in [0.15, 0.2) is 5.54 Å². The van der Waals surface area contributed by atoms with E-state index >= 15 is 0 Å². The van der Waals surface area contributed by atoms with Gasteiger partial charge in [0.2, 0.25) is 5.88 Å². The zero-order valence-corrected chi connectivity index (χ0v) is 17.0. The molecule has 10 heteroatoms. The van der Waals surface area contributed by atoms with Gasteiger partial charge in [-0.3, -0.25) is 14.9 Å². The Morgan fingerprint density at radius 2 is 2.13 bits per heavy atom. The Balaban J connectivity index is 1.53. The number of nitrogens with two attached hydrogens (primary N) is 1. The first kappa shape index (κ1) is 19.2. The van der Waals surface area contributed by atoms with Crippen LogP contribution in [0, 0.1) is 0 Å². The predicted octanol–water partition coefficient (Wildman–Crippen LogP) is 1.47. The minimum atomic E-state index is -1.57. The molecule has 5 rings (SSSR count). The van der Waals surface area contributed by atoms with E-state index in [2.05, 4.69) is 15.6 Å². The standard InChI is InChI=1S/C21H21N5O5/c1-10-5-16(22)23-17-13(10)7-15(31-17)21(19(28)24-20(29)25-21)9-26-8-11-3-4-12(30-2)6-14(11)18(26)27/h3-4,6-7,10H,5,8-9H2,1-2H3,(H2,22,23)(H2,24,25,28,29). The van der Waals surface area contributed by atoms with E-state index in [1.165, 1.54) is 12.0 Å². The monoisotopic (exact) mass is 423 g/mol. The quantitative estimate of drug-likeness (QED) is 0.637. The summed E-state index contributed by atoms with van der Waals surface area (Å²) < 4.78 is 11.1. The number of nitrogens with zero attached hydrogens (tertiary/aromatic N) is 2. The van der Waals surface area contributed by atoms with Gasteiger partial charge in [0, 0.05) is 24.1 Å². The first-order valence-corrected chi connectivity index (χ1v) is 9.88. The topological polar surface area (TPSA) is 139 Å². The molecule has 4 heterocycles. The van der Waals surface area contributed by atoms with Crippen molar-refractivity contribution in [3.05, 3.63) is 46.7 Å². The van der Waals surface area contributed by atoms with Gasteiger partial charge < -0.3 is 25.1 Å². The minimum absolute atomic E-state index is 0.0485. The second-order valence-corrected chi connectivity index (χ2v) is 8.08. The van der Waals surface area contributed by atoms with Gasteiger partial charge in [0.1, 0.15) is 17.3 Å². The zero-order chi connectivity index (χ0) is 21.9. The molecule has 0 bridgehead atoms. The molecule has 31 heavy (non-hydrogen) atoms. The average Bonchev–Trinajstić information content (AvgIpc) is 3.37. The maximum atomic E-state index is 13.1. The van der Waals surface area contributed by atoms with Gasteiger partial charge in [-0.15, -0.1) is 0 Å². The van der Waals surface area contributed by atoms with E-state index in [0.717, 1.165) is 11.1 Å². The Hall–Kier alpha value is -3.82. The summed E-state index contributed by atoms with van der Waals surface area (Å²) in [5, 5.41) is 4.94. The normalized spacial score (nSPS) is 24.5. The van der Waals surface area contributed by atoms with Gasteiger partial charge in [-0.2, -0.15) is 0 Å². The maximum absolute atomic E-state index is 13.1. The second-order valence-electron chi connectivity index (χ2n) is 8.08. The summed E-state index contributed by atoms with van der Waals surface area (Å²) in [5.41, 5.74) is 6.44. The van der Waals surface area contributed by atoms with E-state index in [-0.39, 0.29) is 24.1 Å². The molecule has 1 aromatic heterocycles. The summed E-state index contributed by atoms with van der Waals surface area (Å²) in [6.07, 6.45) is 0.569. The van der Waals surface area contributed by atoms with Crippen molar-refractivity contribution in [3.8, 4) is 5.75 Å². The summed E-state index contributed by atoms with van der Waals surface area (Å²) in [5.74, 6) is 0.747. The van der Waals surface area contributed by atoms with Crippen LogP contribution < -0.4 is 21.1 Å². The number of imide groups is 1. The SMILES string of the molecule is COc1ccc2c(c1)C(=O)N(CC1(c3cc4c(o3)N=C(N)CC4C)NC(=O)NC1=O)C2. The first-order valence-electron chi connectivity index (χ1n) is 9.88. The number of benzene rings is 1. The highest BCUT2D eigenvalue weighted by atomic mass is 16.5. The van der Waals surface area contributed by atoms with Crippen LogP contribution in [0.5, 0.6) is 5.75 Å². The van der Waals surface area contributed by atoms with Crippen molar-refractivity contribution in [2.75, 3.05) is 13.7 Å². The van der Waals surface area contributed by atoms with Crippen molar-refractivity contribution in [2.45, 2.75) is 31.3 Å². The highest BCUT2D eigenvalue weighted by Gasteiger charge is 2.53. The van der Waals surface area contributed by atoms with Crippen LogP contribution in [-0.4, -0.2) is 42.2 Å². The molecule has 0 aliphatic carbocycles. The van der Waals surface area contributed by atoms with E-state index in [9.17, 15) is 14.4 Å². The summed E-state index contributed by atoms with van der Waals surface area (Å²) >= 11 is 0. The molecule has 160 valence electrons. The van der Waals surface area contributed by atoms with Gasteiger partial charge in [-0.25, -0.2) is 9.79 Å². The van der Waals surface area contributed by atoms with Crippen LogP contribution in [-0.2, 0) is 16.9 Å². The molecular formula is C21H21N5O5. The minimum Gasteiger partial charge on any atom is -0.497 e. The van der Waals surface area contributed by atoms with Crippen LogP contribution >= 0.6 is 0 Å². The fourth-order valence-corrected chi connectivity index (χ4v) is 4.38. The van der Waals surface area contributed by atoms with Crippen molar-refractivity contribution in [3.63, 3.8) is 0 Å². The van der Waals surface area contributed by atoms with Crippen LogP contribution in [0.25, 0.3) is 0 Å². The summed E-state index contributed by atoms with van der Waals surface area (Å²) in [7, 11) is 1.53. The average molecular weight is 423 g/mol. The Labute approximate surface area is 177 Å². The molecule has 0 radical (unpaired) electrons. The number of amides is 4. The lowest BCUT2D eigenvalue weighted by molar-refractivity contribution is -0.125. The molecule has 1 fully saturated rings. The summed E-state index contributed by atoms with van der Waals surface area (Å²) in [6, 6.07) is 6.33. The molecule has 2 aromatic rings.